The predicted molar refractivity (Wildman–Crippen MR) is 74.8 cm³/mol. The zero-order valence-electron chi connectivity index (χ0n) is 10.2. The Bertz CT molecular complexity index is 519. The van der Waals surface area contributed by atoms with E-state index in [0.29, 0.717) is 11.8 Å². The van der Waals surface area contributed by atoms with Crippen LogP contribution >= 0.6 is 15.9 Å². The number of rotatable bonds is 4. The van der Waals surface area contributed by atoms with Gasteiger partial charge in [0, 0.05) is 7.05 Å². The number of ether oxygens (including phenoxy) is 1. The molecule has 1 aromatic carbocycles. The van der Waals surface area contributed by atoms with Crippen LogP contribution in [0.5, 0.6) is 5.88 Å². The SMILES string of the molecule is CNc1ncc(Br)c(OC(C)c2ccccc2)n1. The molecule has 1 aromatic heterocycles. The van der Waals surface area contributed by atoms with Gasteiger partial charge in [0.25, 0.3) is 0 Å². The van der Waals surface area contributed by atoms with E-state index in [0.717, 1.165) is 10.0 Å². The summed E-state index contributed by atoms with van der Waals surface area (Å²) in [5.41, 5.74) is 1.11. The zero-order chi connectivity index (χ0) is 13.0. The molecule has 1 N–H and O–H groups in total. The predicted octanol–water partition coefficient (Wildman–Crippen LogP) is 3.42. The standard InChI is InChI=1S/C13H14BrN3O/c1-9(10-6-4-3-5-7-10)18-12-11(14)8-16-13(15-2)17-12/h3-9H,1-2H3,(H,15,16,17). The third-order valence-electron chi connectivity index (χ3n) is 2.49. The van der Waals surface area contributed by atoms with Gasteiger partial charge in [-0.3, -0.25) is 0 Å². The van der Waals surface area contributed by atoms with Gasteiger partial charge in [0.15, 0.2) is 0 Å². The molecule has 0 aliphatic carbocycles. The first-order chi connectivity index (χ1) is 8.70. The molecule has 5 heteroatoms. The molecule has 1 heterocycles. The Labute approximate surface area is 115 Å². The molecule has 0 saturated carbocycles. The average molecular weight is 308 g/mol. The quantitative estimate of drug-likeness (QED) is 0.940. The molecule has 0 aliphatic rings. The second-order valence-corrected chi connectivity index (χ2v) is 4.62. The number of halogens is 1. The van der Waals surface area contributed by atoms with Crippen LogP contribution in [0.3, 0.4) is 0 Å². The van der Waals surface area contributed by atoms with Crippen molar-refractivity contribution in [3.63, 3.8) is 0 Å². The third-order valence-corrected chi connectivity index (χ3v) is 3.04. The van der Waals surface area contributed by atoms with Crippen LogP contribution in [0.1, 0.15) is 18.6 Å². The molecule has 0 saturated heterocycles. The van der Waals surface area contributed by atoms with Gasteiger partial charge in [-0.05, 0) is 28.4 Å². The van der Waals surface area contributed by atoms with E-state index in [4.69, 9.17) is 4.74 Å². The van der Waals surface area contributed by atoms with Crippen LogP contribution in [0.15, 0.2) is 41.0 Å². The maximum absolute atomic E-state index is 5.84. The molecule has 0 bridgehead atoms. The number of anilines is 1. The lowest BCUT2D eigenvalue weighted by Crippen LogP contribution is -2.06. The minimum absolute atomic E-state index is 0.0675. The highest BCUT2D eigenvalue weighted by Gasteiger charge is 2.11. The van der Waals surface area contributed by atoms with E-state index in [2.05, 4.69) is 31.2 Å². The van der Waals surface area contributed by atoms with Gasteiger partial charge in [-0.2, -0.15) is 4.98 Å². The fourth-order valence-corrected chi connectivity index (χ4v) is 1.80. The van der Waals surface area contributed by atoms with Crippen molar-refractivity contribution >= 4 is 21.9 Å². The Morgan fingerprint density at radius 2 is 2.00 bits per heavy atom. The molecule has 0 amide bonds. The Balaban J connectivity index is 2.18. The van der Waals surface area contributed by atoms with Gasteiger partial charge in [-0.15, -0.1) is 0 Å². The molecule has 94 valence electrons. The molecule has 0 radical (unpaired) electrons. The molecule has 0 fully saturated rings. The fraction of sp³-hybridized carbons (Fsp3) is 0.231. The largest absolute Gasteiger partial charge is 0.469 e. The number of benzene rings is 1. The van der Waals surface area contributed by atoms with E-state index in [1.54, 1.807) is 13.2 Å². The van der Waals surface area contributed by atoms with E-state index in [9.17, 15) is 0 Å². The Kier molecular flexibility index (Phi) is 4.15. The van der Waals surface area contributed by atoms with Crippen LogP contribution < -0.4 is 10.1 Å². The minimum Gasteiger partial charge on any atom is -0.469 e. The molecule has 1 unspecified atom stereocenters. The lowest BCUT2D eigenvalue weighted by molar-refractivity contribution is 0.216. The average Bonchev–Trinajstić information content (AvgIpc) is 2.42. The van der Waals surface area contributed by atoms with E-state index < -0.39 is 0 Å². The highest BCUT2D eigenvalue weighted by molar-refractivity contribution is 9.10. The topological polar surface area (TPSA) is 47.0 Å². The molecule has 4 nitrogen and oxygen atoms in total. The highest BCUT2D eigenvalue weighted by Crippen LogP contribution is 2.27. The van der Waals surface area contributed by atoms with Gasteiger partial charge < -0.3 is 10.1 Å². The maximum Gasteiger partial charge on any atom is 0.233 e. The first kappa shape index (κ1) is 12.8. The van der Waals surface area contributed by atoms with Gasteiger partial charge in [0.05, 0.1) is 10.7 Å². The number of aromatic nitrogens is 2. The molecular weight excluding hydrogens is 294 g/mol. The summed E-state index contributed by atoms with van der Waals surface area (Å²) in [7, 11) is 1.77. The summed E-state index contributed by atoms with van der Waals surface area (Å²) in [6.07, 6.45) is 1.61. The van der Waals surface area contributed by atoms with E-state index in [1.165, 1.54) is 0 Å². The first-order valence-electron chi connectivity index (χ1n) is 5.62. The number of nitrogens with zero attached hydrogens (tertiary/aromatic N) is 2. The van der Waals surface area contributed by atoms with Crippen LogP contribution in [0, 0.1) is 0 Å². The van der Waals surface area contributed by atoms with E-state index in [1.807, 2.05) is 37.3 Å². The van der Waals surface area contributed by atoms with Gasteiger partial charge >= 0.3 is 0 Å². The van der Waals surface area contributed by atoms with Crippen molar-refractivity contribution < 1.29 is 4.74 Å². The zero-order valence-corrected chi connectivity index (χ0v) is 11.8. The van der Waals surface area contributed by atoms with Crippen LogP contribution in [0.4, 0.5) is 5.95 Å². The summed E-state index contributed by atoms with van der Waals surface area (Å²) in [4.78, 5) is 8.35. The van der Waals surface area contributed by atoms with Gasteiger partial charge in [0.2, 0.25) is 11.8 Å². The summed E-state index contributed by atoms with van der Waals surface area (Å²) in [5.74, 6) is 1.07. The Morgan fingerprint density at radius 3 is 2.67 bits per heavy atom. The number of nitrogens with one attached hydrogen (secondary N) is 1. The van der Waals surface area contributed by atoms with Crippen LogP contribution in [0.2, 0.25) is 0 Å². The number of hydrogen-bond donors (Lipinski definition) is 1. The smallest absolute Gasteiger partial charge is 0.233 e. The van der Waals surface area contributed by atoms with E-state index in [-0.39, 0.29) is 6.10 Å². The fourth-order valence-electron chi connectivity index (χ4n) is 1.51. The van der Waals surface area contributed by atoms with Crippen molar-refractivity contribution in [2.45, 2.75) is 13.0 Å². The van der Waals surface area contributed by atoms with Gasteiger partial charge in [-0.25, -0.2) is 4.98 Å². The lowest BCUT2D eigenvalue weighted by atomic mass is 10.1. The van der Waals surface area contributed by atoms with Crippen molar-refractivity contribution in [1.82, 2.24) is 9.97 Å². The Morgan fingerprint density at radius 1 is 1.28 bits per heavy atom. The second-order valence-electron chi connectivity index (χ2n) is 3.77. The molecule has 0 aliphatic heterocycles. The van der Waals surface area contributed by atoms with Crippen LogP contribution in [0.25, 0.3) is 0 Å². The second kappa shape index (κ2) is 5.82. The lowest BCUT2D eigenvalue weighted by Gasteiger charge is -2.15. The maximum atomic E-state index is 5.84. The molecular formula is C13H14BrN3O. The van der Waals surface area contributed by atoms with Crippen molar-refractivity contribution in [3.8, 4) is 5.88 Å². The molecule has 2 aromatic rings. The molecule has 1 atom stereocenters. The summed E-state index contributed by atoms with van der Waals surface area (Å²) in [5, 5.41) is 2.88. The molecule has 0 spiro atoms. The summed E-state index contributed by atoms with van der Waals surface area (Å²) in [6.45, 7) is 1.99. The van der Waals surface area contributed by atoms with Crippen molar-refractivity contribution in [2.24, 2.45) is 0 Å². The monoisotopic (exact) mass is 307 g/mol. The van der Waals surface area contributed by atoms with Gasteiger partial charge in [0.1, 0.15) is 6.10 Å². The molecule has 2 rings (SSSR count). The Hall–Kier alpha value is -1.62. The van der Waals surface area contributed by atoms with Crippen LogP contribution in [-0.4, -0.2) is 17.0 Å². The highest BCUT2D eigenvalue weighted by atomic mass is 79.9. The van der Waals surface area contributed by atoms with Crippen molar-refractivity contribution in [1.29, 1.82) is 0 Å². The van der Waals surface area contributed by atoms with Crippen LogP contribution in [-0.2, 0) is 0 Å². The number of hydrogen-bond acceptors (Lipinski definition) is 4. The normalized spacial score (nSPS) is 11.9. The van der Waals surface area contributed by atoms with Crippen molar-refractivity contribution in [2.75, 3.05) is 12.4 Å². The summed E-state index contributed by atoms with van der Waals surface area (Å²) < 4.78 is 6.58. The first-order valence-corrected chi connectivity index (χ1v) is 6.42. The van der Waals surface area contributed by atoms with Gasteiger partial charge in [-0.1, -0.05) is 30.3 Å². The third kappa shape index (κ3) is 2.98. The summed E-state index contributed by atoms with van der Waals surface area (Å²) >= 11 is 3.38. The summed E-state index contributed by atoms with van der Waals surface area (Å²) in [6, 6.07) is 10.0. The minimum atomic E-state index is -0.0675. The van der Waals surface area contributed by atoms with E-state index >= 15 is 0 Å². The molecule has 18 heavy (non-hydrogen) atoms. The van der Waals surface area contributed by atoms with Crippen molar-refractivity contribution in [3.05, 3.63) is 46.6 Å².